The third-order valence-corrected chi connectivity index (χ3v) is 24.2. The van der Waals surface area contributed by atoms with Gasteiger partial charge in [0, 0.05) is 11.3 Å². The van der Waals surface area contributed by atoms with E-state index >= 15 is 0 Å². The van der Waals surface area contributed by atoms with Gasteiger partial charge in [-0.15, -0.1) is 0 Å². The van der Waals surface area contributed by atoms with Gasteiger partial charge in [-0.25, -0.2) is 0 Å². The minimum Gasteiger partial charge on any atom is -0.481 e. The average molecular weight is 795 g/mol. The first-order valence-corrected chi connectivity index (χ1v) is 24.2. The predicted octanol–water partition coefficient (Wildman–Crippen LogP) is 16.9. The Labute approximate surface area is 351 Å². The quantitative estimate of drug-likeness (QED) is 0.177. The van der Waals surface area contributed by atoms with Crippen LogP contribution in [0.3, 0.4) is 0 Å². The highest BCUT2D eigenvalue weighted by Crippen LogP contribution is 2.84. The Kier molecular flexibility index (Phi) is 1.87. The largest absolute Gasteiger partial charge is 0.481 e. The molecule has 32 rings (SSSR count). The van der Waals surface area contributed by atoms with Gasteiger partial charge in [0.25, 0.3) is 0 Å². The Morgan fingerprint density at radius 3 is 0.600 bits per heavy atom. The molecule has 0 saturated heterocycles. The maximum atomic E-state index is 14.7. The van der Waals surface area contributed by atoms with Crippen LogP contribution in [0.15, 0.2) is 0 Å². The van der Waals surface area contributed by atoms with Crippen molar-refractivity contribution in [2.75, 3.05) is 0 Å². The van der Waals surface area contributed by atoms with Gasteiger partial charge in [-0.2, -0.15) is 0 Å². The average Bonchev–Trinajstić information content (AvgIpc) is 4.15. The van der Waals surface area contributed by atoms with Gasteiger partial charge in [0.2, 0.25) is 0 Å². The molecule has 4 aliphatic carbocycles. The highest BCUT2D eigenvalue weighted by atomic mass is 16.4. The number of aliphatic carboxylic acids is 1. The first kappa shape index (κ1) is 23.6. The summed E-state index contributed by atoms with van der Waals surface area (Å²) in [6.07, 6.45) is 0. The second kappa shape index (κ2) is 5.16. The van der Waals surface area contributed by atoms with Crippen LogP contribution in [0.1, 0.15) is 35.1 Å². The zero-order valence-corrected chi connectivity index (χ0v) is 33.0. The fourth-order valence-corrected chi connectivity index (χ4v) is 24.1. The summed E-state index contributed by atoms with van der Waals surface area (Å²) in [4.78, 5) is 14.7. The topological polar surface area (TPSA) is 37.3 Å². The van der Waals surface area contributed by atoms with E-state index in [0.29, 0.717) is 0 Å². The smallest absolute Gasteiger partial charge is 0.307 e. The molecule has 65 heavy (non-hydrogen) atoms. The van der Waals surface area contributed by atoms with Crippen molar-refractivity contribution in [3.05, 3.63) is 22.3 Å². The number of carbonyl (C=O) groups is 1. The summed E-state index contributed by atoms with van der Waals surface area (Å²) in [5, 5.41) is 96.4. The summed E-state index contributed by atoms with van der Waals surface area (Å²) >= 11 is 0. The second-order valence-corrected chi connectivity index (χ2v) is 24.2. The van der Waals surface area contributed by atoms with Crippen molar-refractivity contribution in [1.29, 1.82) is 0 Å². The molecule has 28 aromatic carbocycles. The molecule has 0 bridgehead atoms. The molecule has 0 aromatic heterocycles. The number of rotatable bonds is 2. The standard InChI is InChI=1S/C63H6O2/c1-2(62(64)65)63-59-55-49-35-27-19-7-4-3-5-8(7)20-22-18-12(5)14-10-6(3)9-13-11(4)17-21(19)33(35)41-39-25(17)23(13)31-29-15(9)16(10)30-32-24(14)26(18)40-42-34(22)36(28(20)27)50(49)56(59)52(42)54-46(40)44(32)48-38(30)37(29)47-43(31)45(39)53(51(41)55)60(63)57(47)58(48)61(54)63/h2,59H,1H3,(H,64,65). The molecule has 4 aliphatic rings. The SMILES string of the molecule is CC(C(=O)O)C12c3c4c5c6c7c8c(c9c%10c1c1c3c3c%11c4c4c5c5c7c7c%12c8c8c9c9c%10c%10c1c1c3c3c%11c%11c4c4c5c7c5c7c%12c8c8c9c9c%10c1c1c3c3c%11c4c5c4c7c8c9c1c34)C62. The third kappa shape index (κ3) is 1.20. The molecule has 2 nitrogen and oxygen atoms in total. The maximum Gasteiger partial charge on any atom is 0.307 e. The lowest BCUT2D eigenvalue weighted by Gasteiger charge is -2.47. The summed E-state index contributed by atoms with van der Waals surface area (Å²) in [5.41, 5.74) is 5.23. The van der Waals surface area contributed by atoms with E-state index in [-0.39, 0.29) is 5.92 Å². The summed E-state index contributed by atoms with van der Waals surface area (Å²) in [5.74, 6) is -1.27. The molecule has 270 valence electrons. The minimum atomic E-state index is -0.711. The van der Waals surface area contributed by atoms with E-state index in [4.69, 9.17) is 0 Å². The molecule has 0 amide bonds. The van der Waals surface area contributed by atoms with Crippen LogP contribution in [-0.4, -0.2) is 11.1 Å². The van der Waals surface area contributed by atoms with E-state index in [1.807, 2.05) is 0 Å². The summed E-state index contributed by atoms with van der Waals surface area (Å²) in [7, 11) is 0. The zero-order valence-electron chi connectivity index (χ0n) is 33.0. The van der Waals surface area contributed by atoms with Crippen molar-refractivity contribution >= 4 is 297 Å². The van der Waals surface area contributed by atoms with Gasteiger partial charge in [0.1, 0.15) is 0 Å². The molecule has 1 atom stereocenters. The van der Waals surface area contributed by atoms with Crippen LogP contribution in [-0.2, 0) is 10.2 Å². The highest BCUT2D eigenvalue weighted by Gasteiger charge is 2.65. The predicted molar refractivity (Wildman–Crippen MR) is 272 cm³/mol. The van der Waals surface area contributed by atoms with Gasteiger partial charge >= 0.3 is 5.97 Å². The van der Waals surface area contributed by atoms with Crippen LogP contribution >= 0.6 is 0 Å². The number of benzene rings is 18. The summed E-state index contributed by atoms with van der Waals surface area (Å²) in [6, 6.07) is 0. The van der Waals surface area contributed by atoms with Crippen LogP contribution in [0.5, 0.6) is 0 Å². The maximum absolute atomic E-state index is 14.7. The van der Waals surface area contributed by atoms with E-state index in [1.165, 1.54) is 86.9 Å². The minimum absolute atomic E-state index is 0.0285. The van der Waals surface area contributed by atoms with Crippen LogP contribution in [0.25, 0.3) is 291 Å². The molecule has 28 aromatic rings. The molecular weight excluding hydrogens is 789 g/mol. The van der Waals surface area contributed by atoms with Gasteiger partial charge in [0.05, 0.1) is 5.92 Å². The Morgan fingerprint density at radius 2 is 0.415 bits per heavy atom. The molecule has 0 heterocycles. The molecule has 0 saturated carbocycles. The Hall–Kier alpha value is -8.07. The normalized spacial score (nSPS) is 21.9. The Morgan fingerprint density at radius 1 is 0.277 bits per heavy atom. The zero-order chi connectivity index (χ0) is 38.7. The van der Waals surface area contributed by atoms with Crippen molar-refractivity contribution < 1.29 is 9.90 Å². The molecule has 0 spiro atoms. The number of hydrogen-bond donors (Lipinski definition) is 1. The van der Waals surface area contributed by atoms with Crippen molar-refractivity contribution in [2.45, 2.75) is 18.3 Å². The van der Waals surface area contributed by atoms with E-state index in [0.717, 1.165) is 0 Å². The van der Waals surface area contributed by atoms with Crippen molar-refractivity contribution in [3.63, 3.8) is 0 Å². The van der Waals surface area contributed by atoms with E-state index in [2.05, 4.69) is 6.92 Å². The first-order chi connectivity index (χ1) is 32.2. The molecule has 1 unspecified atom stereocenters. The fraction of sp³-hybridized carbons (Fsp3) is 0.0635. The molecule has 0 aliphatic heterocycles. The number of carboxylic acids is 1. The Balaban J connectivity index is 1.28. The van der Waals surface area contributed by atoms with Gasteiger partial charge in [-0.05, 0) is 313 Å². The van der Waals surface area contributed by atoms with Crippen molar-refractivity contribution in [1.82, 2.24) is 0 Å². The fourth-order valence-electron chi connectivity index (χ4n) is 24.1. The molecule has 2 heteroatoms. The Bertz CT molecular complexity index is 6800. The highest BCUT2D eigenvalue weighted by molar-refractivity contribution is 6.82. The second-order valence-electron chi connectivity index (χ2n) is 24.2. The molecular formula is C63H6O2. The number of carboxylic acid groups (broad SMARTS) is 1. The van der Waals surface area contributed by atoms with Crippen molar-refractivity contribution in [3.8, 4) is 0 Å². The lowest BCUT2D eigenvalue weighted by molar-refractivity contribution is -0.143. The lowest BCUT2D eigenvalue weighted by atomic mass is 9.53. The third-order valence-electron chi connectivity index (χ3n) is 24.2. The van der Waals surface area contributed by atoms with Gasteiger partial charge in [0.15, 0.2) is 0 Å². The van der Waals surface area contributed by atoms with Gasteiger partial charge in [-0.1, -0.05) is 6.92 Å². The van der Waals surface area contributed by atoms with Gasteiger partial charge < -0.3 is 5.11 Å². The van der Waals surface area contributed by atoms with E-state index < -0.39 is 17.3 Å². The van der Waals surface area contributed by atoms with E-state index in [1.54, 1.807) is 226 Å². The number of hydrogen-bond acceptors (Lipinski definition) is 1. The van der Waals surface area contributed by atoms with Crippen molar-refractivity contribution in [2.24, 2.45) is 5.92 Å². The molecule has 1 N–H and O–H groups in total. The molecule has 0 fully saturated rings. The van der Waals surface area contributed by atoms with Crippen LogP contribution < -0.4 is 0 Å². The first-order valence-electron chi connectivity index (χ1n) is 24.2. The van der Waals surface area contributed by atoms with E-state index in [9.17, 15) is 9.90 Å². The summed E-state index contributed by atoms with van der Waals surface area (Å²) < 4.78 is 0. The summed E-state index contributed by atoms with van der Waals surface area (Å²) in [6.45, 7) is 2.16. The van der Waals surface area contributed by atoms with Crippen LogP contribution in [0, 0.1) is 5.92 Å². The van der Waals surface area contributed by atoms with Crippen LogP contribution in [0.4, 0.5) is 0 Å². The van der Waals surface area contributed by atoms with Crippen LogP contribution in [0.2, 0.25) is 0 Å². The lowest BCUT2D eigenvalue weighted by Crippen LogP contribution is -2.45. The molecule has 0 radical (unpaired) electrons. The monoisotopic (exact) mass is 794 g/mol. The van der Waals surface area contributed by atoms with Gasteiger partial charge in [-0.3, -0.25) is 4.79 Å².